The molecular formula is C11H8ClN5O4. The average molecular weight is 310 g/mol. The minimum Gasteiger partial charge on any atom is -0.384 e. The monoisotopic (exact) mass is 309 g/mol. The zero-order valence-corrected chi connectivity index (χ0v) is 11.1. The second-order valence-corrected chi connectivity index (χ2v) is 4.31. The van der Waals surface area contributed by atoms with E-state index in [4.69, 9.17) is 17.3 Å². The van der Waals surface area contributed by atoms with Gasteiger partial charge in [0.15, 0.2) is 0 Å². The van der Waals surface area contributed by atoms with E-state index in [1.54, 1.807) is 12.1 Å². The molecule has 1 aromatic heterocycles. The van der Waals surface area contributed by atoms with Crippen molar-refractivity contribution in [2.75, 3.05) is 11.1 Å². The Morgan fingerprint density at radius 1 is 1.14 bits per heavy atom. The molecule has 0 aliphatic rings. The lowest BCUT2D eigenvalue weighted by Crippen LogP contribution is -2.01. The molecule has 0 saturated heterocycles. The molecule has 0 aliphatic heterocycles. The minimum absolute atomic E-state index is 0.0197. The van der Waals surface area contributed by atoms with Crippen molar-refractivity contribution in [2.24, 2.45) is 0 Å². The molecule has 0 unspecified atom stereocenters. The van der Waals surface area contributed by atoms with Crippen LogP contribution in [0.1, 0.15) is 0 Å². The molecule has 0 spiro atoms. The molecular weight excluding hydrogens is 302 g/mol. The van der Waals surface area contributed by atoms with Gasteiger partial charge in [0.2, 0.25) is 0 Å². The first kappa shape index (κ1) is 14.5. The number of nitro groups is 2. The summed E-state index contributed by atoms with van der Waals surface area (Å²) >= 11 is 5.75. The highest BCUT2D eigenvalue weighted by atomic mass is 35.5. The van der Waals surface area contributed by atoms with Gasteiger partial charge in [0.1, 0.15) is 22.3 Å². The van der Waals surface area contributed by atoms with Gasteiger partial charge in [-0.25, -0.2) is 4.98 Å². The van der Waals surface area contributed by atoms with E-state index in [0.29, 0.717) is 0 Å². The summed E-state index contributed by atoms with van der Waals surface area (Å²) in [7, 11) is 0. The van der Waals surface area contributed by atoms with Crippen LogP contribution in [0.3, 0.4) is 0 Å². The topological polar surface area (TPSA) is 137 Å². The predicted molar refractivity (Wildman–Crippen MR) is 76.7 cm³/mol. The lowest BCUT2D eigenvalue weighted by Gasteiger charge is -2.07. The maximum atomic E-state index is 11.0. The van der Waals surface area contributed by atoms with Crippen LogP contribution in [0.2, 0.25) is 5.02 Å². The molecule has 1 aromatic carbocycles. The molecule has 10 heteroatoms. The van der Waals surface area contributed by atoms with Crippen molar-refractivity contribution < 1.29 is 9.85 Å². The molecule has 21 heavy (non-hydrogen) atoms. The Morgan fingerprint density at radius 3 is 2.38 bits per heavy atom. The molecule has 0 saturated carbocycles. The molecule has 0 bridgehead atoms. The molecule has 9 nitrogen and oxygen atoms in total. The number of nitrogens with two attached hydrogens (primary N) is 1. The number of hydrogen-bond acceptors (Lipinski definition) is 7. The summed E-state index contributed by atoms with van der Waals surface area (Å²) in [5, 5.41) is 24.2. The Bertz CT molecular complexity index is 737. The van der Waals surface area contributed by atoms with Gasteiger partial charge >= 0.3 is 0 Å². The number of halogens is 1. The van der Waals surface area contributed by atoms with Crippen LogP contribution in [-0.2, 0) is 0 Å². The van der Waals surface area contributed by atoms with Gasteiger partial charge in [-0.2, -0.15) is 0 Å². The first-order chi connectivity index (χ1) is 9.88. The third kappa shape index (κ3) is 3.15. The summed E-state index contributed by atoms with van der Waals surface area (Å²) in [6, 6.07) is 6.57. The third-order valence-electron chi connectivity index (χ3n) is 2.49. The average Bonchev–Trinajstić information content (AvgIpc) is 2.37. The van der Waals surface area contributed by atoms with E-state index in [1.807, 2.05) is 0 Å². The first-order valence-corrected chi connectivity index (χ1v) is 5.88. The number of nitrogens with zero attached hydrogens (tertiary/aromatic N) is 3. The molecule has 2 aromatic rings. The summed E-state index contributed by atoms with van der Waals surface area (Å²) in [5.41, 5.74) is 4.45. The zero-order chi connectivity index (χ0) is 15.6. The standard InChI is InChI=1S/C11H8ClN5O4/c12-6-4-7(14-11-3-1-2-10(13)15-11)9(17(20)21)5-8(6)16(18)19/h1-5H,(H3,13,14,15). The molecule has 108 valence electrons. The van der Waals surface area contributed by atoms with Gasteiger partial charge in [-0.15, -0.1) is 0 Å². The van der Waals surface area contributed by atoms with Gasteiger partial charge in [0.25, 0.3) is 11.4 Å². The van der Waals surface area contributed by atoms with Crippen molar-refractivity contribution in [3.8, 4) is 0 Å². The van der Waals surface area contributed by atoms with Gasteiger partial charge < -0.3 is 11.1 Å². The number of benzene rings is 1. The summed E-state index contributed by atoms with van der Waals surface area (Å²) in [6.07, 6.45) is 0. The Balaban J connectivity index is 2.50. The molecule has 0 amide bonds. The zero-order valence-electron chi connectivity index (χ0n) is 10.3. The number of aromatic nitrogens is 1. The number of nitro benzene ring substituents is 2. The SMILES string of the molecule is Nc1cccc(Nc2cc(Cl)c([N+](=O)[O-])cc2[N+](=O)[O-])n1. The summed E-state index contributed by atoms with van der Waals surface area (Å²) in [6.45, 7) is 0. The molecule has 0 fully saturated rings. The van der Waals surface area contributed by atoms with Crippen molar-refractivity contribution >= 4 is 40.3 Å². The van der Waals surface area contributed by atoms with E-state index in [2.05, 4.69) is 10.3 Å². The van der Waals surface area contributed by atoms with E-state index in [9.17, 15) is 20.2 Å². The number of nitrogens with one attached hydrogen (secondary N) is 1. The van der Waals surface area contributed by atoms with Gasteiger partial charge in [-0.1, -0.05) is 17.7 Å². The third-order valence-corrected chi connectivity index (χ3v) is 2.79. The van der Waals surface area contributed by atoms with Crippen molar-refractivity contribution in [3.63, 3.8) is 0 Å². The Hall–Kier alpha value is -2.94. The van der Waals surface area contributed by atoms with Crippen LogP contribution in [-0.4, -0.2) is 14.8 Å². The number of anilines is 3. The number of hydrogen-bond donors (Lipinski definition) is 2. The van der Waals surface area contributed by atoms with Crippen LogP contribution in [0.15, 0.2) is 30.3 Å². The fourth-order valence-electron chi connectivity index (χ4n) is 1.60. The Morgan fingerprint density at radius 2 is 1.81 bits per heavy atom. The molecule has 0 radical (unpaired) electrons. The highest BCUT2D eigenvalue weighted by Crippen LogP contribution is 2.36. The van der Waals surface area contributed by atoms with E-state index in [1.165, 1.54) is 6.07 Å². The number of pyridine rings is 1. The molecule has 0 atom stereocenters. The fourth-order valence-corrected chi connectivity index (χ4v) is 1.83. The number of nitrogen functional groups attached to an aromatic ring is 1. The van der Waals surface area contributed by atoms with E-state index in [-0.39, 0.29) is 22.3 Å². The Labute approximate surface area is 122 Å². The summed E-state index contributed by atoms with van der Waals surface area (Å²) < 4.78 is 0. The van der Waals surface area contributed by atoms with Crippen LogP contribution < -0.4 is 11.1 Å². The van der Waals surface area contributed by atoms with Crippen LogP contribution in [0, 0.1) is 20.2 Å². The van der Waals surface area contributed by atoms with Crippen molar-refractivity contribution in [1.82, 2.24) is 4.98 Å². The molecule has 1 heterocycles. The molecule has 3 N–H and O–H groups in total. The van der Waals surface area contributed by atoms with Crippen molar-refractivity contribution in [1.29, 1.82) is 0 Å². The van der Waals surface area contributed by atoms with Gasteiger partial charge in [0, 0.05) is 0 Å². The maximum Gasteiger partial charge on any atom is 0.299 e. The largest absolute Gasteiger partial charge is 0.384 e. The summed E-state index contributed by atoms with van der Waals surface area (Å²) in [5.74, 6) is 0.471. The Kier molecular flexibility index (Phi) is 3.85. The number of rotatable bonds is 4. The van der Waals surface area contributed by atoms with E-state index < -0.39 is 21.2 Å². The second-order valence-electron chi connectivity index (χ2n) is 3.91. The smallest absolute Gasteiger partial charge is 0.299 e. The highest BCUT2D eigenvalue weighted by Gasteiger charge is 2.23. The second kappa shape index (κ2) is 5.59. The van der Waals surface area contributed by atoms with Gasteiger partial charge in [-0.3, -0.25) is 20.2 Å². The summed E-state index contributed by atoms with van der Waals surface area (Å²) in [4.78, 5) is 24.2. The quantitative estimate of drug-likeness (QED) is 0.654. The van der Waals surface area contributed by atoms with Gasteiger partial charge in [-0.05, 0) is 18.2 Å². The van der Waals surface area contributed by atoms with Gasteiger partial charge in [0.05, 0.1) is 15.9 Å². The molecule has 2 rings (SSSR count). The maximum absolute atomic E-state index is 11.0. The first-order valence-electron chi connectivity index (χ1n) is 5.50. The van der Waals surface area contributed by atoms with Crippen LogP contribution in [0.25, 0.3) is 0 Å². The highest BCUT2D eigenvalue weighted by molar-refractivity contribution is 6.33. The van der Waals surface area contributed by atoms with Crippen LogP contribution in [0.5, 0.6) is 0 Å². The van der Waals surface area contributed by atoms with Crippen molar-refractivity contribution in [3.05, 3.63) is 55.6 Å². The lowest BCUT2D eigenvalue weighted by atomic mass is 10.2. The van der Waals surface area contributed by atoms with Crippen LogP contribution >= 0.6 is 11.6 Å². The lowest BCUT2D eigenvalue weighted by molar-refractivity contribution is -0.393. The minimum atomic E-state index is -0.794. The van der Waals surface area contributed by atoms with E-state index >= 15 is 0 Å². The fraction of sp³-hybridized carbons (Fsp3) is 0. The predicted octanol–water partition coefficient (Wildman–Crippen LogP) is 2.88. The van der Waals surface area contributed by atoms with Crippen LogP contribution in [0.4, 0.5) is 28.7 Å². The van der Waals surface area contributed by atoms with E-state index in [0.717, 1.165) is 12.1 Å². The molecule has 0 aliphatic carbocycles. The normalized spacial score (nSPS) is 10.1. The van der Waals surface area contributed by atoms with Crippen molar-refractivity contribution in [2.45, 2.75) is 0 Å².